The van der Waals surface area contributed by atoms with Crippen LogP contribution in [0.1, 0.15) is 40.0 Å². The van der Waals surface area contributed by atoms with Gasteiger partial charge in [0.05, 0.1) is 16.1 Å². The summed E-state index contributed by atoms with van der Waals surface area (Å²) in [4.78, 5) is 19.7. The Morgan fingerprint density at radius 2 is 1.82 bits per heavy atom. The van der Waals surface area contributed by atoms with Crippen LogP contribution in [0.25, 0.3) is 16.0 Å². The molecular weight excluding hydrogens is 437 g/mol. The standard InChI is InChI=1S/C25H26FN5OS/c1-15-4-8-20(9-5-15)31-23-22(17(3)29-31)33-25(28-23)30-12-10-19(11-13-30)27-24(32)18-7-6-16(2)21(26)14-18/h4-9,14,19H,10-13H2,1-3H3,(H,27,32). The quantitative estimate of drug-likeness (QED) is 0.465. The molecule has 0 spiro atoms. The first kappa shape index (κ1) is 21.6. The molecule has 1 N–H and O–H groups in total. The van der Waals surface area contributed by atoms with Crippen LogP contribution in [0.2, 0.25) is 0 Å². The highest BCUT2D eigenvalue weighted by Crippen LogP contribution is 2.33. The predicted octanol–water partition coefficient (Wildman–Crippen LogP) is 4.95. The molecule has 1 aliphatic rings. The number of halogens is 1. The van der Waals surface area contributed by atoms with Crippen LogP contribution >= 0.6 is 11.3 Å². The lowest BCUT2D eigenvalue weighted by molar-refractivity contribution is 0.0930. The monoisotopic (exact) mass is 463 g/mol. The van der Waals surface area contributed by atoms with E-state index in [9.17, 15) is 9.18 Å². The van der Waals surface area contributed by atoms with Gasteiger partial charge in [-0.25, -0.2) is 9.07 Å². The SMILES string of the molecule is Cc1ccc(-n2nc(C)c3sc(N4CCC(NC(=O)c5ccc(C)c(F)c5)CC4)nc32)cc1. The molecule has 1 saturated heterocycles. The van der Waals surface area contributed by atoms with Crippen molar-refractivity contribution in [1.29, 1.82) is 0 Å². The van der Waals surface area contributed by atoms with Crippen LogP contribution < -0.4 is 10.2 Å². The molecule has 5 rings (SSSR count). The molecule has 4 aromatic rings. The van der Waals surface area contributed by atoms with E-state index in [4.69, 9.17) is 10.1 Å². The molecule has 0 atom stereocenters. The first-order valence-electron chi connectivity index (χ1n) is 11.1. The van der Waals surface area contributed by atoms with Gasteiger partial charge in [0.15, 0.2) is 10.8 Å². The minimum Gasteiger partial charge on any atom is -0.349 e. The third-order valence-electron chi connectivity index (χ3n) is 6.19. The summed E-state index contributed by atoms with van der Waals surface area (Å²) >= 11 is 1.67. The Kier molecular flexibility index (Phi) is 5.62. The minimum atomic E-state index is -0.354. The maximum atomic E-state index is 13.8. The molecule has 0 saturated carbocycles. The Labute approximate surface area is 196 Å². The largest absolute Gasteiger partial charge is 0.349 e. The van der Waals surface area contributed by atoms with Crippen LogP contribution in [-0.2, 0) is 0 Å². The van der Waals surface area contributed by atoms with Gasteiger partial charge in [-0.3, -0.25) is 4.79 Å². The number of anilines is 1. The number of aromatic nitrogens is 3. The van der Waals surface area contributed by atoms with E-state index in [2.05, 4.69) is 41.4 Å². The Bertz CT molecular complexity index is 1320. The summed E-state index contributed by atoms with van der Waals surface area (Å²) in [5.41, 5.74) is 4.97. The molecule has 2 aromatic heterocycles. The van der Waals surface area contributed by atoms with Gasteiger partial charge in [-0.05, 0) is 63.4 Å². The Morgan fingerprint density at radius 1 is 1.09 bits per heavy atom. The van der Waals surface area contributed by atoms with E-state index >= 15 is 0 Å². The summed E-state index contributed by atoms with van der Waals surface area (Å²) in [6, 6.07) is 13.0. The average molecular weight is 464 g/mol. The number of hydrogen-bond acceptors (Lipinski definition) is 5. The van der Waals surface area contributed by atoms with Gasteiger partial charge in [-0.1, -0.05) is 35.1 Å². The summed E-state index contributed by atoms with van der Waals surface area (Å²) in [6.07, 6.45) is 1.64. The molecule has 0 unspecified atom stereocenters. The summed E-state index contributed by atoms with van der Waals surface area (Å²) in [6.45, 7) is 7.39. The van der Waals surface area contributed by atoms with E-state index in [1.54, 1.807) is 30.4 Å². The maximum Gasteiger partial charge on any atom is 0.251 e. The Hall–Kier alpha value is -3.26. The Balaban J connectivity index is 1.27. The third kappa shape index (κ3) is 4.23. The second-order valence-corrected chi connectivity index (χ2v) is 9.66. The molecule has 1 aliphatic heterocycles. The molecule has 1 amide bonds. The fourth-order valence-electron chi connectivity index (χ4n) is 4.14. The Morgan fingerprint density at radius 3 is 2.52 bits per heavy atom. The van der Waals surface area contributed by atoms with Crippen molar-refractivity contribution in [3.05, 3.63) is 70.7 Å². The first-order valence-corrected chi connectivity index (χ1v) is 12.0. The van der Waals surface area contributed by atoms with Gasteiger partial charge in [0.1, 0.15) is 5.82 Å². The van der Waals surface area contributed by atoms with E-state index in [0.29, 0.717) is 11.1 Å². The number of benzene rings is 2. The molecule has 8 heteroatoms. The van der Waals surface area contributed by atoms with E-state index in [1.807, 2.05) is 11.6 Å². The third-order valence-corrected chi connectivity index (χ3v) is 7.40. The average Bonchev–Trinajstić information content (AvgIpc) is 3.37. The molecule has 2 aromatic carbocycles. The summed E-state index contributed by atoms with van der Waals surface area (Å²) in [7, 11) is 0. The van der Waals surface area contributed by atoms with Crippen molar-refractivity contribution in [1.82, 2.24) is 20.1 Å². The number of amides is 1. The molecule has 0 aliphatic carbocycles. The zero-order valence-corrected chi connectivity index (χ0v) is 19.7. The van der Waals surface area contributed by atoms with E-state index in [0.717, 1.165) is 52.8 Å². The lowest BCUT2D eigenvalue weighted by atomic mass is 10.0. The number of aryl methyl sites for hydroxylation is 3. The van der Waals surface area contributed by atoms with Crippen molar-refractivity contribution in [2.75, 3.05) is 18.0 Å². The van der Waals surface area contributed by atoms with Crippen LogP contribution in [0.5, 0.6) is 0 Å². The van der Waals surface area contributed by atoms with Gasteiger partial charge >= 0.3 is 0 Å². The normalized spacial score (nSPS) is 14.7. The molecule has 1 fully saturated rings. The maximum absolute atomic E-state index is 13.8. The second kappa shape index (κ2) is 8.59. The number of nitrogens with one attached hydrogen (secondary N) is 1. The van der Waals surface area contributed by atoms with E-state index < -0.39 is 0 Å². The molecular formula is C25H26FN5OS. The van der Waals surface area contributed by atoms with Gasteiger partial charge in [0, 0.05) is 24.7 Å². The van der Waals surface area contributed by atoms with Gasteiger partial charge in [0.2, 0.25) is 0 Å². The lowest BCUT2D eigenvalue weighted by Crippen LogP contribution is -2.44. The van der Waals surface area contributed by atoms with Crippen molar-refractivity contribution >= 4 is 32.7 Å². The van der Waals surface area contributed by atoms with Crippen molar-refractivity contribution in [3.8, 4) is 5.69 Å². The van der Waals surface area contributed by atoms with Gasteiger partial charge in [-0.15, -0.1) is 0 Å². The second-order valence-electron chi connectivity index (χ2n) is 8.68. The topological polar surface area (TPSA) is 63.1 Å². The summed E-state index contributed by atoms with van der Waals surface area (Å²) < 4.78 is 16.8. The van der Waals surface area contributed by atoms with Crippen LogP contribution in [0.3, 0.4) is 0 Å². The number of piperidine rings is 1. The highest BCUT2D eigenvalue weighted by Gasteiger charge is 2.25. The molecule has 3 heterocycles. The smallest absolute Gasteiger partial charge is 0.251 e. The van der Waals surface area contributed by atoms with Crippen molar-refractivity contribution in [2.24, 2.45) is 0 Å². The molecule has 33 heavy (non-hydrogen) atoms. The number of carbonyl (C=O) groups is 1. The van der Waals surface area contributed by atoms with Crippen molar-refractivity contribution in [2.45, 2.75) is 39.7 Å². The van der Waals surface area contributed by atoms with Gasteiger partial charge in [0.25, 0.3) is 5.91 Å². The number of hydrogen-bond donors (Lipinski definition) is 1. The predicted molar refractivity (Wildman–Crippen MR) is 130 cm³/mol. The van der Waals surface area contributed by atoms with E-state index in [1.165, 1.54) is 11.6 Å². The molecule has 0 radical (unpaired) electrons. The fraction of sp³-hybridized carbons (Fsp3) is 0.320. The highest BCUT2D eigenvalue weighted by atomic mass is 32.1. The first-order chi connectivity index (χ1) is 15.9. The minimum absolute atomic E-state index is 0.0669. The van der Waals surface area contributed by atoms with Gasteiger partial charge < -0.3 is 10.2 Å². The van der Waals surface area contributed by atoms with Crippen LogP contribution in [0, 0.1) is 26.6 Å². The van der Waals surface area contributed by atoms with Crippen LogP contribution in [0.4, 0.5) is 9.52 Å². The number of nitrogens with zero attached hydrogens (tertiary/aromatic N) is 4. The number of fused-ring (bicyclic) bond motifs is 1. The molecule has 6 nitrogen and oxygen atoms in total. The van der Waals surface area contributed by atoms with E-state index in [-0.39, 0.29) is 17.8 Å². The number of rotatable bonds is 4. The lowest BCUT2D eigenvalue weighted by Gasteiger charge is -2.32. The summed E-state index contributed by atoms with van der Waals surface area (Å²) in [5.74, 6) is -0.575. The number of thiazole rings is 1. The highest BCUT2D eigenvalue weighted by molar-refractivity contribution is 7.22. The van der Waals surface area contributed by atoms with Crippen molar-refractivity contribution < 1.29 is 9.18 Å². The fourth-order valence-corrected chi connectivity index (χ4v) is 5.18. The zero-order chi connectivity index (χ0) is 23.1. The zero-order valence-electron chi connectivity index (χ0n) is 18.9. The molecule has 170 valence electrons. The van der Waals surface area contributed by atoms with Gasteiger partial charge in [-0.2, -0.15) is 10.1 Å². The number of carbonyl (C=O) groups excluding carboxylic acids is 1. The van der Waals surface area contributed by atoms with Crippen LogP contribution in [-0.4, -0.2) is 39.8 Å². The van der Waals surface area contributed by atoms with Crippen LogP contribution in [0.15, 0.2) is 42.5 Å². The van der Waals surface area contributed by atoms with Crippen molar-refractivity contribution in [3.63, 3.8) is 0 Å². The summed E-state index contributed by atoms with van der Waals surface area (Å²) in [5, 5.41) is 8.73. The molecule has 0 bridgehead atoms.